The fraction of sp³-hybridized carbons (Fsp3) is 0.300. The maximum Gasteiger partial charge on any atom is 0.125 e. The maximum absolute atomic E-state index is 6.05. The van der Waals surface area contributed by atoms with Gasteiger partial charge in [0.1, 0.15) is 5.82 Å². The molecule has 14 heavy (non-hydrogen) atoms. The van der Waals surface area contributed by atoms with Gasteiger partial charge in [-0.25, -0.2) is 4.98 Å². The van der Waals surface area contributed by atoms with Crippen LogP contribution < -0.4 is 5.73 Å². The van der Waals surface area contributed by atoms with Crippen LogP contribution in [0.15, 0.2) is 29.2 Å². The minimum Gasteiger partial charge on any atom is -0.337 e. The number of imidazole rings is 1. The first-order valence-electron chi connectivity index (χ1n) is 4.51. The van der Waals surface area contributed by atoms with E-state index in [4.69, 9.17) is 5.73 Å². The molecule has 0 aromatic carbocycles. The van der Waals surface area contributed by atoms with Crippen molar-refractivity contribution in [2.45, 2.75) is 12.5 Å². The number of nitrogens with zero attached hydrogens (tertiary/aromatic N) is 2. The van der Waals surface area contributed by atoms with Crippen molar-refractivity contribution in [3.63, 3.8) is 0 Å². The van der Waals surface area contributed by atoms with Crippen LogP contribution in [0.5, 0.6) is 0 Å². The molecule has 0 bridgehead atoms. The van der Waals surface area contributed by atoms with Crippen molar-refractivity contribution in [1.29, 1.82) is 0 Å². The molecule has 0 saturated heterocycles. The van der Waals surface area contributed by atoms with E-state index in [1.165, 1.54) is 5.56 Å². The largest absolute Gasteiger partial charge is 0.337 e. The zero-order chi connectivity index (χ0) is 9.97. The molecule has 1 unspecified atom stereocenters. The van der Waals surface area contributed by atoms with Crippen LogP contribution in [-0.2, 0) is 13.5 Å². The summed E-state index contributed by atoms with van der Waals surface area (Å²) in [7, 11) is 1.97. The molecular formula is C10H13N3S. The van der Waals surface area contributed by atoms with Gasteiger partial charge in [0.25, 0.3) is 0 Å². The van der Waals surface area contributed by atoms with Gasteiger partial charge in [0.05, 0.1) is 6.04 Å². The maximum atomic E-state index is 6.05. The van der Waals surface area contributed by atoms with E-state index in [0.29, 0.717) is 0 Å². The first kappa shape index (κ1) is 9.43. The van der Waals surface area contributed by atoms with Gasteiger partial charge in [-0.15, -0.1) is 0 Å². The predicted octanol–water partition coefficient (Wildman–Crippen LogP) is 1.72. The number of aryl methyl sites for hydroxylation is 1. The molecule has 0 aliphatic heterocycles. The first-order chi connectivity index (χ1) is 6.77. The summed E-state index contributed by atoms with van der Waals surface area (Å²) < 4.78 is 1.97. The van der Waals surface area contributed by atoms with Gasteiger partial charge >= 0.3 is 0 Å². The minimum absolute atomic E-state index is 0.00963. The second-order valence-electron chi connectivity index (χ2n) is 3.34. The molecule has 0 spiro atoms. The van der Waals surface area contributed by atoms with E-state index in [9.17, 15) is 0 Å². The number of aromatic nitrogens is 2. The Bertz CT molecular complexity index is 391. The van der Waals surface area contributed by atoms with Crippen LogP contribution in [0.3, 0.4) is 0 Å². The minimum atomic E-state index is -0.00963. The Kier molecular flexibility index (Phi) is 2.65. The fourth-order valence-corrected chi connectivity index (χ4v) is 2.17. The zero-order valence-electron chi connectivity index (χ0n) is 8.05. The van der Waals surface area contributed by atoms with E-state index < -0.39 is 0 Å². The number of thiophene rings is 1. The highest BCUT2D eigenvalue weighted by Gasteiger charge is 2.11. The molecule has 2 N–H and O–H groups in total. The van der Waals surface area contributed by atoms with Crippen LogP contribution in [0.1, 0.15) is 17.4 Å². The van der Waals surface area contributed by atoms with Crippen molar-refractivity contribution in [3.05, 3.63) is 40.6 Å². The van der Waals surface area contributed by atoms with Gasteiger partial charge in [-0.05, 0) is 28.8 Å². The van der Waals surface area contributed by atoms with Gasteiger partial charge in [-0.3, -0.25) is 0 Å². The molecule has 0 radical (unpaired) electrons. The summed E-state index contributed by atoms with van der Waals surface area (Å²) in [6.45, 7) is 0. The van der Waals surface area contributed by atoms with Crippen LogP contribution in [0.25, 0.3) is 0 Å². The molecule has 0 amide bonds. The van der Waals surface area contributed by atoms with Gasteiger partial charge in [0, 0.05) is 19.4 Å². The quantitative estimate of drug-likeness (QED) is 0.833. The van der Waals surface area contributed by atoms with Gasteiger partial charge in [-0.1, -0.05) is 0 Å². The average molecular weight is 207 g/mol. The van der Waals surface area contributed by atoms with E-state index in [1.807, 2.05) is 17.8 Å². The zero-order valence-corrected chi connectivity index (χ0v) is 8.87. The Morgan fingerprint density at radius 3 is 3.07 bits per heavy atom. The molecule has 1 atom stereocenters. The first-order valence-corrected chi connectivity index (χ1v) is 5.45. The number of hydrogen-bond donors (Lipinski definition) is 1. The second-order valence-corrected chi connectivity index (χ2v) is 4.12. The van der Waals surface area contributed by atoms with E-state index in [2.05, 4.69) is 21.8 Å². The Morgan fingerprint density at radius 1 is 1.64 bits per heavy atom. The molecule has 74 valence electrons. The van der Waals surface area contributed by atoms with Crippen molar-refractivity contribution in [2.24, 2.45) is 12.8 Å². The third-order valence-corrected chi connectivity index (χ3v) is 2.96. The van der Waals surface area contributed by atoms with Crippen LogP contribution in [0.2, 0.25) is 0 Å². The van der Waals surface area contributed by atoms with E-state index in [0.717, 1.165) is 12.2 Å². The molecule has 2 aromatic heterocycles. The number of rotatable bonds is 3. The summed E-state index contributed by atoms with van der Waals surface area (Å²) in [5, 5.41) is 4.20. The molecule has 2 heterocycles. The van der Waals surface area contributed by atoms with E-state index >= 15 is 0 Å². The van der Waals surface area contributed by atoms with Gasteiger partial charge in [0.2, 0.25) is 0 Å². The van der Waals surface area contributed by atoms with Crippen LogP contribution >= 0.6 is 11.3 Å². The van der Waals surface area contributed by atoms with Crippen molar-refractivity contribution in [2.75, 3.05) is 0 Å². The molecule has 3 nitrogen and oxygen atoms in total. The van der Waals surface area contributed by atoms with Gasteiger partial charge in [-0.2, -0.15) is 11.3 Å². The van der Waals surface area contributed by atoms with Gasteiger partial charge < -0.3 is 10.3 Å². The SMILES string of the molecule is Cn1ccnc1C(N)Cc1ccsc1. The third kappa shape index (κ3) is 1.86. The lowest BCUT2D eigenvalue weighted by Crippen LogP contribution is -2.17. The summed E-state index contributed by atoms with van der Waals surface area (Å²) in [6.07, 6.45) is 4.56. The highest BCUT2D eigenvalue weighted by atomic mass is 32.1. The number of hydrogen-bond acceptors (Lipinski definition) is 3. The Balaban J connectivity index is 2.10. The molecule has 0 aliphatic rings. The highest BCUT2D eigenvalue weighted by molar-refractivity contribution is 7.07. The highest BCUT2D eigenvalue weighted by Crippen LogP contribution is 2.15. The fourth-order valence-electron chi connectivity index (χ4n) is 1.49. The van der Waals surface area contributed by atoms with Gasteiger partial charge in [0.15, 0.2) is 0 Å². The average Bonchev–Trinajstić information content (AvgIpc) is 2.75. The molecule has 0 saturated carbocycles. The topological polar surface area (TPSA) is 43.8 Å². The lowest BCUT2D eigenvalue weighted by Gasteiger charge is -2.10. The molecule has 0 fully saturated rings. The number of nitrogens with two attached hydrogens (primary N) is 1. The lowest BCUT2D eigenvalue weighted by atomic mass is 10.1. The van der Waals surface area contributed by atoms with Crippen molar-refractivity contribution in [1.82, 2.24) is 9.55 Å². The Hall–Kier alpha value is -1.13. The monoisotopic (exact) mass is 207 g/mol. The van der Waals surface area contributed by atoms with Crippen LogP contribution in [0.4, 0.5) is 0 Å². The Labute approximate surface area is 87.2 Å². The lowest BCUT2D eigenvalue weighted by molar-refractivity contribution is 0.633. The summed E-state index contributed by atoms with van der Waals surface area (Å²) in [5.74, 6) is 0.941. The summed E-state index contributed by atoms with van der Waals surface area (Å²) in [4.78, 5) is 4.24. The van der Waals surface area contributed by atoms with E-state index in [-0.39, 0.29) is 6.04 Å². The van der Waals surface area contributed by atoms with Crippen molar-refractivity contribution >= 4 is 11.3 Å². The summed E-state index contributed by atoms with van der Waals surface area (Å²) >= 11 is 1.70. The third-order valence-electron chi connectivity index (χ3n) is 2.23. The van der Waals surface area contributed by atoms with Crippen molar-refractivity contribution < 1.29 is 0 Å². The molecule has 2 rings (SSSR count). The van der Waals surface area contributed by atoms with Crippen molar-refractivity contribution in [3.8, 4) is 0 Å². The summed E-state index contributed by atoms with van der Waals surface area (Å²) in [5.41, 5.74) is 7.34. The second kappa shape index (κ2) is 3.94. The van der Waals surface area contributed by atoms with Crippen LogP contribution in [0, 0.1) is 0 Å². The summed E-state index contributed by atoms with van der Waals surface area (Å²) in [6, 6.07) is 2.09. The smallest absolute Gasteiger partial charge is 0.125 e. The predicted molar refractivity (Wildman–Crippen MR) is 58.2 cm³/mol. The van der Waals surface area contributed by atoms with Crippen LogP contribution in [-0.4, -0.2) is 9.55 Å². The molecular weight excluding hydrogens is 194 g/mol. The molecule has 4 heteroatoms. The normalized spacial score (nSPS) is 13.0. The standard InChI is InChI=1S/C10H13N3S/c1-13-4-3-12-10(13)9(11)6-8-2-5-14-7-8/h2-5,7,9H,6,11H2,1H3. The Morgan fingerprint density at radius 2 is 2.50 bits per heavy atom. The molecule has 0 aliphatic carbocycles. The van der Waals surface area contributed by atoms with E-state index in [1.54, 1.807) is 17.5 Å². The molecule has 2 aromatic rings.